The van der Waals surface area contributed by atoms with Crippen LogP contribution in [0.4, 0.5) is 5.82 Å². The molecule has 0 unspecified atom stereocenters. The summed E-state index contributed by atoms with van der Waals surface area (Å²) in [5.41, 5.74) is 0.918. The number of sulfone groups is 1. The number of piperazine rings is 1. The maximum absolute atomic E-state index is 13.5. The highest BCUT2D eigenvalue weighted by Gasteiger charge is 2.26. The van der Waals surface area contributed by atoms with E-state index in [1.165, 1.54) is 0 Å². The lowest BCUT2D eigenvalue weighted by molar-refractivity contribution is 0.585. The van der Waals surface area contributed by atoms with Crippen molar-refractivity contribution in [3.8, 4) is 0 Å². The van der Waals surface area contributed by atoms with Gasteiger partial charge >= 0.3 is 0 Å². The minimum absolute atomic E-state index is 0.0378. The van der Waals surface area contributed by atoms with E-state index in [4.69, 9.17) is 0 Å². The van der Waals surface area contributed by atoms with Gasteiger partial charge in [-0.25, -0.2) is 13.4 Å². The number of aromatic amines is 1. The molecule has 142 valence electrons. The van der Waals surface area contributed by atoms with Gasteiger partial charge in [0.15, 0.2) is 5.03 Å². The van der Waals surface area contributed by atoms with E-state index in [0.29, 0.717) is 16.4 Å². The van der Waals surface area contributed by atoms with Crippen molar-refractivity contribution in [1.82, 2.24) is 20.5 Å². The average Bonchev–Trinajstić information content (AvgIpc) is 3.18. The van der Waals surface area contributed by atoms with Crippen molar-refractivity contribution in [2.45, 2.75) is 9.92 Å². The van der Waals surface area contributed by atoms with E-state index in [0.717, 1.165) is 37.4 Å². The standard InChI is InChI=1S/C20H19N5O2S/c26-28(27,17-7-3-5-14-4-1-2-6-15(14)17)20-19-16(23-24-20)8-9-18(22-19)25-12-10-21-11-13-25/h1-9,21H,10-13H2,(H,23,24). The number of hydrogen-bond donors (Lipinski definition) is 2. The van der Waals surface area contributed by atoms with Crippen LogP contribution in [-0.4, -0.2) is 49.8 Å². The molecule has 28 heavy (non-hydrogen) atoms. The summed E-state index contributed by atoms with van der Waals surface area (Å²) >= 11 is 0. The number of nitrogens with zero attached hydrogens (tertiary/aromatic N) is 3. The summed E-state index contributed by atoms with van der Waals surface area (Å²) in [5, 5.41) is 11.8. The van der Waals surface area contributed by atoms with Gasteiger partial charge in [-0.05, 0) is 23.6 Å². The molecule has 0 spiro atoms. The van der Waals surface area contributed by atoms with Gasteiger partial charge < -0.3 is 10.2 Å². The van der Waals surface area contributed by atoms with Crippen LogP contribution in [0.3, 0.4) is 0 Å². The zero-order chi connectivity index (χ0) is 19.1. The zero-order valence-electron chi connectivity index (χ0n) is 15.1. The van der Waals surface area contributed by atoms with Crippen molar-refractivity contribution in [1.29, 1.82) is 0 Å². The molecule has 7 nitrogen and oxygen atoms in total. The number of aromatic nitrogens is 3. The fourth-order valence-corrected chi connectivity index (χ4v) is 5.18. The highest BCUT2D eigenvalue weighted by molar-refractivity contribution is 7.91. The van der Waals surface area contributed by atoms with E-state index in [9.17, 15) is 8.42 Å². The summed E-state index contributed by atoms with van der Waals surface area (Å²) < 4.78 is 27.0. The summed E-state index contributed by atoms with van der Waals surface area (Å²) in [6, 6.07) is 16.5. The van der Waals surface area contributed by atoms with Gasteiger partial charge in [0.25, 0.3) is 0 Å². The Kier molecular flexibility index (Phi) is 4.03. The molecule has 0 amide bonds. The first-order valence-corrected chi connectivity index (χ1v) is 10.7. The Balaban J connectivity index is 1.67. The number of hydrogen-bond acceptors (Lipinski definition) is 6. The lowest BCUT2D eigenvalue weighted by Crippen LogP contribution is -2.43. The van der Waals surface area contributed by atoms with Crippen LogP contribution in [0.5, 0.6) is 0 Å². The smallest absolute Gasteiger partial charge is 0.226 e. The molecule has 1 fully saturated rings. The summed E-state index contributed by atoms with van der Waals surface area (Å²) in [6.07, 6.45) is 0. The fourth-order valence-electron chi connectivity index (χ4n) is 3.66. The summed E-state index contributed by atoms with van der Waals surface area (Å²) in [7, 11) is -3.81. The van der Waals surface area contributed by atoms with Crippen molar-refractivity contribution in [3.05, 3.63) is 54.6 Å². The Morgan fingerprint density at radius 2 is 1.71 bits per heavy atom. The molecule has 0 bridgehead atoms. The first-order valence-electron chi connectivity index (χ1n) is 9.18. The Morgan fingerprint density at radius 1 is 0.929 bits per heavy atom. The number of rotatable bonds is 3. The van der Waals surface area contributed by atoms with E-state index in [2.05, 4.69) is 25.4 Å². The Bertz CT molecular complexity index is 1270. The molecule has 0 atom stereocenters. The van der Waals surface area contributed by atoms with E-state index < -0.39 is 9.84 Å². The molecule has 3 heterocycles. The summed E-state index contributed by atoms with van der Waals surface area (Å²) in [4.78, 5) is 7.06. The third kappa shape index (κ3) is 2.73. The second kappa shape index (κ2) is 6.57. The monoisotopic (exact) mass is 393 g/mol. The third-order valence-corrected chi connectivity index (χ3v) is 6.86. The minimum atomic E-state index is -3.81. The number of fused-ring (bicyclic) bond motifs is 2. The van der Waals surface area contributed by atoms with Crippen LogP contribution in [0, 0.1) is 0 Å². The molecule has 0 radical (unpaired) electrons. The number of H-pyrrole nitrogens is 1. The predicted molar refractivity (Wildman–Crippen MR) is 108 cm³/mol. The fraction of sp³-hybridized carbons (Fsp3) is 0.200. The van der Waals surface area contributed by atoms with Crippen molar-refractivity contribution >= 4 is 37.5 Å². The molecule has 2 aromatic heterocycles. The van der Waals surface area contributed by atoms with Crippen LogP contribution < -0.4 is 10.2 Å². The van der Waals surface area contributed by atoms with Crippen LogP contribution in [0.1, 0.15) is 0 Å². The first-order chi connectivity index (χ1) is 13.6. The highest BCUT2D eigenvalue weighted by Crippen LogP contribution is 2.31. The van der Waals surface area contributed by atoms with Gasteiger partial charge in [0.2, 0.25) is 9.84 Å². The van der Waals surface area contributed by atoms with Crippen LogP contribution in [0.2, 0.25) is 0 Å². The van der Waals surface area contributed by atoms with Crippen LogP contribution >= 0.6 is 0 Å². The van der Waals surface area contributed by atoms with E-state index >= 15 is 0 Å². The molecular weight excluding hydrogens is 374 g/mol. The summed E-state index contributed by atoms with van der Waals surface area (Å²) in [5.74, 6) is 0.768. The molecule has 5 rings (SSSR count). The lowest BCUT2D eigenvalue weighted by Gasteiger charge is -2.28. The zero-order valence-corrected chi connectivity index (χ0v) is 15.9. The van der Waals surface area contributed by atoms with Gasteiger partial charge in [-0.15, -0.1) is 0 Å². The predicted octanol–water partition coefficient (Wildman–Crippen LogP) is 2.35. The molecule has 4 aromatic rings. The van der Waals surface area contributed by atoms with Crippen LogP contribution in [0.25, 0.3) is 21.8 Å². The normalized spacial score (nSPS) is 15.4. The van der Waals surface area contributed by atoms with Crippen molar-refractivity contribution in [2.24, 2.45) is 0 Å². The third-order valence-electron chi connectivity index (χ3n) is 5.10. The Labute approximate surface area is 162 Å². The maximum atomic E-state index is 13.5. The highest BCUT2D eigenvalue weighted by atomic mass is 32.2. The Hall–Kier alpha value is -2.97. The molecule has 8 heteroatoms. The van der Waals surface area contributed by atoms with E-state index in [1.807, 2.05) is 42.5 Å². The van der Waals surface area contributed by atoms with Crippen molar-refractivity contribution in [2.75, 3.05) is 31.1 Å². The minimum Gasteiger partial charge on any atom is -0.354 e. The molecule has 1 aliphatic heterocycles. The molecule has 2 aromatic carbocycles. The Morgan fingerprint density at radius 3 is 2.57 bits per heavy atom. The van der Waals surface area contributed by atoms with Crippen LogP contribution in [-0.2, 0) is 9.84 Å². The molecule has 1 saturated heterocycles. The maximum Gasteiger partial charge on any atom is 0.226 e. The second-order valence-corrected chi connectivity index (χ2v) is 8.66. The topological polar surface area (TPSA) is 91.0 Å². The number of anilines is 1. The number of pyridine rings is 1. The molecule has 1 aliphatic rings. The van der Waals surface area contributed by atoms with Gasteiger partial charge in [0.1, 0.15) is 16.9 Å². The van der Waals surface area contributed by atoms with Gasteiger partial charge in [0.05, 0.1) is 4.90 Å². The quantitative estimate of drug-likeness (QED) is 0.555. The molecule has 2 N–H and O–H groups in total. The summed E-state index contributed by atoms with van der Waals surface area (Å²) in [6.45, 7) is 3.43. The largest absolute Gasteiger partial charge is 0.354 e. The van der Waals surface area contributed by atoms with Crippen molar-refractivity contribution < 1.29 is 8.42 Å². The lowest BCUT2D eigenvalue weighted by atomic mass is 10.1. The van der Waals surface area contributed by atoms with Gasteiger partial charge in [-0.3, -0.25) is 5.10 Å². The molecule has 0 saturated carbocycles. The first kappa shape index (κ1) is 17.2. The van der Waals surface area contributed by atoms with Gasteiger partial charge in [-0.2, -0.15) is 5.10 Å². The molecular formula is C20H19N5O2S. The van der Waals surface area contributed by atoms with Gasteiger partial charge in [0, 0.05) is 31.6 Å². The number of benzene rings is 2. The molecule has 0 aliphatic carbocycles. The van der Waals surface area contributed by atoms with E-state index in [1.54, 1.807) is 12.1 Å². The van der Waals surface area contributed by atoms with Gasteiger partial charge in [-0.1, -0.05) is 36.4 Å². The number of nitrogens with one attached hydrogen (secondary N) is 2. The van der Waals surface area contributed by atoms with Crippen LogP contribution in [0.15, 0.2) is 64.5 Å². The van der Waals surface area contributed by atoms with E-state index in [-0.39, 0.29) is 9.92 Å². The SMILES string of the molecule is O=S(=O)(c1cccc2ccccc12)c1[nH]nc2ccc(N3CCNCC3)nc12. The second-order valence-electron chi connectivity index (χ2n) is 6.81. The average molecular weight is 393 g/mol. The van der Waals surface area contributed by atoms with Crippen molar-refractivity contribution in [3.63, 3.8) is 0 Å².